The third-order valence-corrected chi connectivity index (χ3v) is 8.01. The molecule has 1 aromatic heterocycles. The number of dihydropyridines is 1. The summed E-state index contributed by atoms with van der Waals surface area (Å²) in [6.45, 7) is 3.17. The largest absolute Gasteiger partial charge is 0.468 e. The summed E-state index contributed by atoms with van der Waals surface area (Å²) >= 11 is 0. The SMILES string of the molecule is CC1(C2CCC3(CCO3)CC2)C=CC=NC1Oc1ccc(C(=O)c2nc3ccccc3[nH]2)cc1. The molecule has 1 N–H and O–H groups in total. The van der Waals surface area contributed by atoms with Crippen molar-refractivity contribution in [1.82, 2.24) is 9.97 Å². The van der Waals surface area contributed by atoms with Gasteiger partial charge in [-0.3, -0.25) is 4.79 Å². The number of hydrogen-bond donors (Lipinski definition) is 1. The number of H-pyrrole nitrogens is 1. The first kappa shape index (κ1) is 21.3. The molecule has 1 aliphatic carbocycles. The minimum atomic E-state index is -0.296. The summed E-state index contributed by atoms with van der Waals surface area (Å²) in [5.41, 5.74) is 2.17. The van der Waals surface area contributed by atoms with Crippen LogP contribution in [0.2, 0.25) is 0 Å². The number of ketones is 1. The van der Waals surface area contributed by atoms with Crippen molar-refractivity contribution in [3.63, 3.8) is 0 Å². The zero-order chi connectivity index (χ0) is 23.2. The number of carbonyl (C=O) groups is 1. The van der Waals surface area contributed by atoms with Gasteiger partial charge in [0.25, 0.3) is 0 Å². The highest BCUT2D eigenvalue weighted by Gasteiger charge is 2.48. The van der Waals surface area contributed by atoms with Crippen LogP contribution in [-0.4, -0.2) is 40.4 Å². The quantitative estimate of drug-likeness (QED) is 0.516. The Kier molecular flexibility index (Phi) is 5.14. The van der Waals surface area contributed by atoms with Gasteiger partial charge in [-0.15, -0.1) is 0 Å². The molecule has 1 saturated carbocycles. The van der Waals surface area contributed by atoms with Crippen LogP contribution < -0.4 is 4.74 Å². The van der Waals surface area contributed by atoms with Crippen molar-refractivity contribution in [1.29, 1.82) is 0 Å². The van der Waals surface area contributed by atoms with Crippen molar-refractivity contribution in [3.05, 3.63) is 72.1 Å². The van der Waals surface area contributed by atoms with Crippen molar-refractivity contribution in [2.75, 3.05) is 6.61 Å². The number of benzene rings is 2. The molecule has 2 aromatic carbocycles. The lowest BCUT2D eigenvalue weighted by Crippen LogP contribution is -2.50. The standard InChI is InChI=1S/C28H29N3O3/c1-27(20-11-14-28(15-12-20)16-18-33-28)13-4-17-29-26(27)34-21-9-7-19(8-10-21)24(32)25-30-22-5-2-3-6-23(22)31-25/h2-10,13,17,20,26H,11-12,14-16,18H2,1H3,(H,30,31). The fourth-order valence-electron chi connectivity index (χ4n) is 5.68. The first-order chi connectivity index (χ1) is 16.5. The van der Waals surface area contributed by atoms with Crippen LogP contribution >= 0.6 is 0 Å². The highest BCUT2D eigenvalue weighted by Crippen LogP contribution is 2.50. The number of ether oxygens (including phenoxy) is 2. The molecule has 1 saturated heterocycles. The molecule has 34 heavy (non-hydrogen) atoms. The van der Waals surface area contributed by atoms with Gasteiger partial charge in [0.05, 0.1) is 23.2 Å². The van der Waals surface area contributed by atoms with Gasteiger partial charge in [0.15, 0.2) is 12.1 Å². The Morgan fingerprint density at radius 3 is 2.56 bits per heavy atom. The Labute approximate surface area is 199 Å². The van der Waals surface area contributed by atoms with Gasteiger partial charge in [-0.25, -0.2) is 9.98 Å². The van der Waals surface area contributed by atoms with Crippen molar-refractivity contribution in [2.45, 2.75) is 50.9 Å². The van der Waals surface area contributed by atoms with E-state index in [2.05, 4.69) is 23.0 Å². The van der Waals surface area contributed by atoms with Gasteiger partial charge >= 0.3 is 0 Å². The molecule has 2 aliphatic heterocycles. The van der Waals surface area contributed by atoms with E-state index in [1.165, 1.54) is 6.42 Å². The number of allylic oxidation sites excluding steroid dienone is 1. The number of nitrogens with one attached hydrogen (secondary N) is 1. The van der Waals surface area contributed by atoms with Crippen LogP contribution in [0.5, 0.6) is 5.75 Å². The van der Waals surface area contributed by atoms with Crippen LogP contribution in [0.15, 0.2) is 65.7 Å². The molecule has 2 unspecified atom stereocenters. The van der Waals surface area contributed by atoms with Crippen LogP contribution in [0.3, 0.4) is 0 Å². The average Bonchev–Trinajstić information content (AvgIpc) is 3.29. The van der Waals surface area contributed by atoms with E-state index >= 15 is 0 Å². The fraction of sp³-hybridized carbons (Fsp3) is 0.393. The van der Waals surface area contributed by atoms with Gasteiger partial charge in [-0.1, -0.05) is 25.1 Å². The summed E-state index contributed by atoms with van der Waals surface area (Å²) in [5.74, 6) is 1.41. The van der Waals surface area contributed by atoms with Gasteiger partial charge in [-0.2, -0.15) is 0 Å². The maximum Gasteiger partial charge on any atom is 0.228 e. The molecular weight excluding hydrogens is 426 g/mol. The van der Waals surface area contributed by atoms with Gasteiger partial charge in [0.2, 0.25) is 5.78 Å². The van der Waals surface area contributed by atoms with Crippen LogP contribution in [-0.2, 0) is 4.74 Å². The lowest BCUT2D eigenvalue weighted by Gasteiger charge is -2.50. The lowest BCUT2D eigenvalue weighted by molar-refractivity contribution is -0.176. The first-order valence-corrected chi connectivity index (χ1v) is 12.2. The average molecular weight is 456 g/mol. The highest BCUT2D eigenvalue weighted by molar-refractivity contribution is 6.08. The summed E-state index contributed by atoms with van der Waals surface area (Å²) in [4.78, 5) is 25.2. The van der Waals surface area contributed by atoms with E-state index in [9.17, 15) is 4.79 Å². The molecule has 3 aliphatic rings. The number of aromatic nitrogens is 2. The summed E-state index contributed by atoms with van der Waals surface area (Å²) in [6, 6.07) is 14.9. The van der Waals surface area contributed by atoms with Gasteiger partial charge < -0.3 is 14.5 Å². The molecule has 1 spiro atoms. The Bertz CT molecular complexity index is 1230. The minimum Gasteiger partial charge on any atom is -0.468 e. The van der Waals surface area contributed by atoms with E-state index < -0.39 is 0 Å². The second-order valence-corrected chi connectivity index (χ2v) is 10.0. The van der Waals surface area contributed by atoms with Crippen LogP contribution in [0, 0.1) is 11.3 Å². The van der Waals surface area contributed by atoms with E-state index in [0.29, 0.717) is 23.1 Å². The van der Waals surface area contributed by atoms with Gasteiger partial charge in [0.1, 0.15) is 5.75 Å². The number of imidazole rings is 1. The number of hydrogen-bond acceptors (Lipinski definition) is 5. The highest BCUT2D eigenvalue weighted by atomic mass is 16.5. The normalized spacial score (nSPS) is 30.4. The van der Waals surface area contributed by atoms with Crippen molar-refractivity contribution in [2.24, 2.45) is 16.3 Å². The number of aliphatic imine (C=N–C) groups is 1. The van der Waals surface area contributed by atoms with Crippen LogP contribution in [0.4, 0.5) is 0 Å². The number of fused-ring (bicyclic) bond motifs is 1. The molecule has 0 radical (unpaired) electrons. The van der Waals surface area contributed by atoms with E-state index in [-0.39, 0.29) is 23.0 Å². The Morgan fingerprint density at radius 1 is 1.09 bits per heavy atom. The Morgan fingerprint density at radius 2 is 1.85 bits per heavy atom. The fourth-order valence-corrected chi connectivity index (χ4v) is 5.68. The summed E-state index contributed by atoms with van der Waals surface area (Å²) in [6.07, 6.45) is 11.5. The number of para-hydroxylation sites is 2. The summed E-state index contributed by atoms with van der Waals surface area (Å²) in [7, 11) is 0. The molecule has 2 atom stereocenters. The predicted octanol–water partition coefficient (Wildman–Crippen LogP) is 5.50. The van der Waals surface area contributed by atoms with Crippen LogP contribution in [0.25, 0.3) is 11.0 Å². The lowest BCUT2D eigenvalue weighted by atomic mass is 9.64. The first-order valence-electron chi connectivity index (χ1n) is 12.2. The Balaban J connectivity index is 1.16. The van der Waals surface area contributed by atoms with Gasteiger partial charge in [0, 0.05) is 17.2 Å². The molecule has 0 amide bonds. The van der Waals surface area contributed by atoms with Crippen molar-refractivity contribution >= 4 is 23.0 Å². The van der Waals surface area contributed by atoms with E-state index in [4.69, 9.17) is 14.5 Å². The molecule has 0 bridgehead atoms. The van der Waals surface area contributed by atoms with Crippen molar-refractivity contribution < 1.29 is 14.3 Å². The predicted molar refractivity (Wildman–Crippen MR) is 131 cm³/mol. The topological polar surface area (TPSA) is 76.6 Å². The van der Waals surface area contributed by atoms with Gasteiger partial charge in [-0.05, 0) is 80.5 Å². The molecule has 2 fully saturated rings. The zero-order valence-electron chi connectivity index (χ0n) is 19.4. The smallest absolute Gasteiger partial charge is 0.228 e. The molecule has 3 aromatic rings. The molecule has 3 heterocycles. The second kappa shape index (κ2) is 8.20. The molecular formula is C28H29N3O3. The number of aromatic amines is 1. The zero-order valence-corrected chi connectivity index (χ0v) is 19.4. The molecule has 6 heteroatoms. The minimum absolute atomic E-state index is 0.138. The third kappa shape index (κ3) is 3.66. The number of carbonyl (C=O) groups excluding carboxylic acids is 1. The molecule has 6 nitrogen and oxygen atoms in total. The van der Waals surface area contributed by atoms with Crippen molar-refractivity contribution in [3.8, 4) is 5.75 Å². The summed E-state index contributed by atoms with van der Waals surface area (Å²) in [5, 5.41) is 0. The van der Waals surface area contributed by atoms with E-state index in [0.717, 1.165) is 43.3 Å². The van der Waals surface area contributed by atoms with Crippen LogP contribution in [0.1, 0.15) is 55.2 Å². The maximum atomic E-state index is 12.9. The second-order valence-electron chi connectivity index (χ2n) is 10.0. The maximum absolute atomic E-state index is 12.9. The number of rotatable bonds is 5. The number of nitrogens with zero attached hydrogens (tertiary/aromatic N) is 2. The Hall–Kier alpha value is -3.25. The summed E-state index contributed by atoms with van der Waals surface area (Å²) < 4.78 is 12.3. The van der Waals surface area contributed by atoms with E-state index in [1.807, 2.05) is 48.7 Å². The molecule has 174 valence electrons. The van der Waals surface area contributed by atoms with E-state index in [1.54, 1.807) is 12.1 Å². The monoisotopic (exact) mass is 455 g/mol. The molecule has 6 rings (SSSR count). The third-order valence-electron chi connectivity index (χ3n) is 8.01.